The number of nitrogens with two attached hydrogens (primary N) is 1. The highest BCUT2D eigenvalue weighted by molar-refractivity contribution is 5.71. The summed E-state index contributed by atoms with van der Waals surface area (Å²) < 4.78 is 5.39. The quantitative estimate of drug-likeness (QED) is 0.311. The predicted octanol–water partition coefficient (Wildman–Crippen LogP) is 4.19. The number of carbonyl (C=O) groups excluding carboxylic acids is 1. The van der Waals surface area contributed by atoms with Gasteiger partial charge in [0.2, 0.25) is 0 Å². The molecule has 1 aromatic rings. The van der Waals surface area contributed by atoms with Crippen LogP contribution in [0.5, 0.6) is 0 Å². The van der Waals surface area contributed by atoms with Crippen molar-refractivity contribution in [2.24, 2.45) is 5.73 Å². The van der Waals surface area contributed by atoms with Crippen molar-refractivity contribution in [3.63, 3.8) is 0 Å². The topological polar surface area (TPSA) is 58.8 Å². The Labute approximate surface area is 178 Å². The van der Waals surface area contributed by atoms with Gasteiger partial charge in [-0.15, -0.1) is 0 Å². The molecule has 0 atom stereocenters. The van der Waals surface area contributed by atoms with Gasteiger partial charge >= 0.3 is 5.97 Å². The molecule has 0 unspecified atom stereocenters. The zero-order chi connectivity index (χ0) is 21.3. The number of hydrogen-bond donors (Lipinski definition) is 1. The molecule has 2 N–H and O–H groups in total. The molecule has 0 aromatic heterocycles. The summed E-state index contributed by atoms with van der Waals surface area (Å²) in [5, 5.41) is 0. The first-order chi connectivity index (χ1) is 14.1. The minimum Gasteiger partial charge on any atom is -0.465 e. The fraction of sp³-hybridized carbons (Fsp3) is 0.708. The Bertz CT molecular complexity index is 527. The highest BCUT2D eigenvalue weighted by atomic mass is 16.5. The predicted molar refractivity (Wildman–Crippen MR) is 122 cm³/mol. The van der Waals surface area contributed by atoms with E-state index in [4.69, 9.17) is 10.5 Å². The lowest BCUT2D eigenvalue weighted by molar-refractivity contribution is -0.145. The summed E-state index contributed by atoms with van der Waals surface area (Å²) in [5.41, 5.74) is 8.04. The molecular formula is C24H43N3O2. The number of benzene rings is 1. The molecule has 0 aliphatic heterocycles. The van der Waals surface area contributed by atoms with Crippen molar-refractivity contribution in [2.75, 3.05) is 39.3 Å². The minimum atomic E-state index is -0.115. The molecule has 0 aliphatic carbocycles. The fourth-order valence-corrected chi connectivity index (χ4v) is 3.45. The van der Waals surface area contributed by atoms with Crippen molar-refractivity contribution in [2.45, 2.75) is 72.4 Å². The van der Waals surface area contributed by atoms with Crippen LogP contribution in [0, 0.1) is 0 Å². The third-order valence-corrected chi connectivity index (χ3v) is 5.06. The van der Waals surface area contributed by atoms with Crippen LogP contribution in [0.15, 0.2) is 24.3 Å². The van der Waals surface area contributed by atoms with Gasteiger partial charge in [0.15, 0.2) is 0 Å². The minimum absolute atomic E-state index is 0.115. The second-order valence-electron chi connectivity index (χ2n) is 7.85. The van der Waals surface area contributed by atoms with Crippen molar-refractivity contribution in [3.05, 3.63) is 35.4 Å². The van der Waals surface area contributed by atoms with Crippen LogP contribution < -0.4 is 5.73 Å². The number of esters is 1. The monoisotopic (exact) mass is 405 g/mol. The van der Waals surface area contributed by atoms with E-state index in [1.54, 1.807) is 0 Å². The lowest BCUT2D eigenvalue weighted by Gasteiger charge is -2.24. The number of nitrogens with zero attached hydrogens (tertiary/aromatic N) is 2. The molecule has 0 fully saturated rings. The van der Waals surface area contributed by atoms with Crippen LogP contribution in [-0.4, -0.2) is 55.1 Å². The molecule has 0 heterocycles. The van der Waals surface area contributed by atoms with E-state index < -0.39 is 0 Å². The maximum Gasteiger partial charge on any atom is 0.320 e. The zero-order valence-corrected chi connectivity index (χ0v) is 19.0. The molecular weight excluding hydrogens is 362 g/mol. The Balaban J connectivity index is 2.55. The molecule has 1 rings (SSSR count). The van der Waals surface area contributed by atoms with Crippen molar-refractivity contribution < 1.29 is 9.53 Å². The van der Waals surface area contributed by atoms with E-state index in [1.807, 2.05) is 0 Å². The molecule has 5 heteroatoms. The summed E-state index contributed by atoms with van der Waals surface area (Å²) in [6.45, 7) is 13.2. The van der Waals surface area contributed by atoms with Crippen molar-refractivity contribution >= 4 is 5.97 Å². The number of carbonyl (C=O) groups is 1. The van der Waals surface area contributed by atoms with Crippen LogP contribution in [0.2, 0.25) is 0 Å². The van der Waals surface area contributed by atoms with Gasteiger partial charge in [-0.3, -0.25) is 9.69 Å². The summed E-state index contributed by atoms with van der Waals surface area (Å²) in [5.74, 6) is -0.115. The Morgan fingerprint density at radius 2 is 1.41 bits per heavy atom. The third kappa shape index (κ3) is 12.0. The van der Waals surface area contributed by atoms with E-state index in [0.29, 0.717) is 19.7 Å². The van der Waals surface area contributed by atoms with Gasteiger partial charge in [-0.25, -0.2) is 0 Å². The van der Waals surface area contributed by atoms with Gasteiger partial charge in [-0.1, -0.05) is 51.5 Å². The molecule has 166 valence electrons. The van der Waals surface area contributed by atoms with E-state index in [-0.39, 0.29) is 5.97 Å². The molecule has 0 amide bonds. The average Bonchev–Trinajstić information content (AvgIpc) is 2.72. The van der Waals surface area contributed by atoms with E-state index in [9.17, 15) is 4.79 Å². The largest absolute Gasteiger partial charge is 0.465 e. The van der Waals surface area contributed by atoms with E-state index >= 15 is 0 Å². The molecule has 0 bridgehead atoms. The first kappa shape index (κ1) is 25.6. The lowest BCUT2D eigenvalue weighted by atomic mass is 10.1. The van der Waals surface area contributed by atoms with Gasteiger partial charge in [0.1, 0.15) is 0 Å². The van der Waals surface area contributed by atoms with Crippen molar-refractivity contribution in [3.8, 4) is 0 Å². The molecule has 1 aromatic carbocycles. The van der Waals surface area contributed by atoms with E-state index in [1.165, 1.54) is 31.5 Å². The Morgan fingerprint density at radius 1 is 0.828 bits per heavy atom. The van der Waals surface area contributed by atoms with Crippen molar-refractivity contribution in [1.82, 2.24) is 9.80 Å². The van der Waals surface area contributed by atoms with Gasteiger partial charge < -0.3 is 15.4 Å². The normalized spacial score (nSPS) is 11.4. The van der Waals surface area contributed by atoms with Gasteiger partial charge in [-0.2, -0.15) is 0 Å². The summed E-state index contributed by atoms with van der Waals surface area (Å²) in [4.78, 5) is 17.0. The second-order valence-corrected chi connectivity index (χ2v) is 7.85. The first-order valence-electron chi connectivity index (χ1n) is 11.5. The van der Waals surface area contributed by atoms with Crippen LogP contribution in [0.25, 0.3) is 0 Å². The molecule has 0 radical (unpaired) electrons. The smallest absolute Gasteiger partial charge is 0.320 e. The number of unbranched alkanes of at least 4 members (excludes halogenated alkanes) is 2. The molecule has 29 heavy (non-hydrogen) atoms. The van der Waals surface area contributed by atoms with Gasteiger partial charge in [0.05, 0.1) is 13.2 Å². The Kier molecular flexibility index (Phi) is 14.5. The number of rotatable bonds is 17. The fourth-order valence-electron chi connectivity index (χ4n) is 3.45. The molecule has 0 saturated carbocycles. The van der Waals surface area contributed by atoms with Gasteiger partial charge in [0.25, 0.3) is 0 Å². The maximum absolute atomic E-state index is 12.2. The zero-order valence-electron chi connectivity index (χ0n) is 19.0. The summed E-state index contributed by atoms with van der Waals surface area (Å²) in [6, 6.07) is 8.37. The SMILES string of the molecule is CCCCOC(=O)CN(CCCCN(CCC)CCC)Cc1ccc(CN)cc1. The number of ether oxygens (including phenoxy) is 1. The van der Waals surface area contributed by atoms with E-state index in [2.05, 4.69) is 54.8 Å². The van der Waals surface area contributed by atoms with Crippen LogP contribution in [0.4, 0.5) is 0 Å². The maximum atomic E-state index is 12.2. The Hall–Kier alpha value is -1.43. The molecule has 0 aliphatic rings. The second kappa shape index (κ2) is 16.4. The Morgan fingerprint density at radius 3 is 1.97 bits per heavy atom. The van der Waals surface area contributed by atoms with Crippen LogP contribution in [0.1, 0.15) is 70.4 Å². The van der Waals surface area contributed by atoms with E-state index in [0.717, 1.165) is 50.9 Å². The summed E-state index contributed by atoms with van der Waals surface area (Å²) in [7, 11) is 0. The van der Waals surface area contributed by atoms with Crippen LogP contribution >= 0.6 is 0 Å². The van der Waals surface area contributed by atoms with Crippen molar-refractivity contribution in [1.29, 1.82) is 0 Å². The molecule has 0 saturated heterocycles. The van der Waals surface area contributed by atoms with Crippen LogP contribution in [0.3, 0.4) is 0 Å². The van der Waals surface area contributed by atoms with Gasteiger partial charge in [-0.05, 0) is 69.4 Å². The summed E-state index contributed by atoms with van der Waals surface area (Å²) >= 11 is 0. The van der Waals surface area contributed by atoms with Crippen LogP contribution in [-0.2, 0) is 22.6 Å². The number of hydrogen-bond acceptors (Lipinski definition) is 5. The van der Waals surface area contributed by atoms with Gasteiger partial charge in [0, 0.05) is 13.1 Å². The highest BCUT2D eigenvalue weighted by Crippen LogP contribution is 2.09. The lowest BCUT2D eigenvalue weighted by Crippen LogP contribution is -2.32. The first-order valence-corrected chi connectivity index (χ1v) is 11.5. The summed E-state index contributed by atoms with van der Waals surface area (Å²) in [6.07, 6.45) is 6.62. The molecule has 5 nitrogen and oxygen atoms in total. The average molecular weight is 406 g/mol. The third-order valence-electron chi connectivity index (χ3n) is 5.06. The highest BCUT2D eigenvalue weighted by Gasteiger charge is 2.13. The standard InChI is InChI=1S/C24H43N3O2/c1-4-7-18-29-24(28)21-27(20-23-12-10-22(19-25)11-13-23)17-9-8-16-26(14-5-2)15-6-3/h10-13H,4-9,14-21,25H2,1-3H3. The molecule has 0 spiro atoms.